The van der Waals surface area contributed by atoms with Gasteiger partial charge in [0, 0.05) is 18.5 Å². The maximum absolute atomic E-state index is 12.4. The Balaban J connectivity index is 0.00000116. The van der Waals surface area contributed by atoms with Gasteiger partial charge in [-0.15, -0.1) is 0 Å². The number of nitrogens with zero attached hydrogens (tertiary/aromatic N) is 1. The third kappa shape index (κ3) is 3.81. The van der Waals surface area contributed by atoms with E-state index in [4.69, 9.17) is 0 Å². The zero-order chi connectivity index (χ0) is 16.9. The number of carbonyl (C=O) groups is 3. The van der Waals surface area contributed by atoms with Crippen LogP contribution in [0, 0.1) is 6.92 Å². The smallest absolute Gasteiger partial charge is 0.255 e. The molecule has 0 saturated carbocycles. The second-order valence-corrected chi connectivity index (χ2v) is 5.40. The predicted octanol–water partition coefficient (Wildman–Crippen LogP) is 3.30. The van der Waals surface area contributed by atoms with E-state index >= 15 is 0 Å². The zero-order valence-electron chi connectivity index (χ0n) is 14.1. The molecule has 0 saturated heterocycles. The maximum Gasteiger partial charge on any atom is 0.255 e. The Morgan fingerprint density at radius 3 is 2.36 bits per heavy atom. The first-order valence-corrected chi connectivity index (χ1v) is 7.81. The molecule has 120 valence electrons. The molecule has 0 spiro atoms. The molecule has 4 heteroatoms. The Hall–Kier alpha value is -1.97. The number of Topliss-reactive ketones (excluding diaryl/α,β-unsaturated/α-hetero) is 2. The van der Waals surface area contributed by atoms with E-state index in [0.29, 0.717) is 24.9 Å². The molecule has 1 unspecified atom stereocenters. The van der Waals surface area contributed by atoms with Crippen molar-refractivity contribution in [2.24, 2.45) is 0 Å². The van der Waals surface area contributed by atoms with Crippen LogP contribution < -0.4 is 0 Å². The van der Waals surface area contributed by atoms with E-state index in [1.165, 1.54) is 13.8 Å². The highest BCUT2D eigenvalue weighted by atomic mass is 16.2. The van der Waals surface area contributed by atoms with Crippen molar-refractivity contribution in [2.75, 3.05) is 0 Å². The summed E-state index contributed by atoms with van der Waals surface area (Å²) in [5, 5.41) is 0. The van der Waals surface area contributed by atoms with Crippen LogP contribution in [0.3, 0.4) is 0 Å². The van der Waals surface area contributed by atoms with E-state index in [1.54, 1.807) is 11.0 Å². The van der Waals surface area contributed by atoms with Gasteiger partial charge in [0.15, 0.2) is 5.78 Å². The average molecular weight is 303 g/mol. The number of carbonyl (C=O) groups excluding carboxylic acids is 3. The highest BCUT2D eigenvalue weighted by Gasteiger charge is 2.35. The third-order valence-corrected chi connectivity index (χ3v) is 3.85. The summed E-state index contributed by atoms with van der Waals surface area (Å²) in [5.41, 5.74) is 2.73. The fourth-order valence-corrected chi connectivity index (χ4v) is 2.68. The first-order valence-electron chi connectivity index (χ1n) is 7.81. The van der Waals surface area contributed by atoms with Gasteiger partial charge in [0.2, 0.25) is 0 Å². The topological polar surface area (TPSA) is 54.5 Å². The van der Waals surface area contributed by atoms with Gasteiger partial charge < -0.3 is 9.69 Å². The molecule has 22 heavy (non-hydrogen) atoms. The maximum atomic E-state index is 12.4. The van der Waals surface area contributed by atoms with Crippen molar-refractivity contribution < 1.29 is 14.4 Å². The van der Waals surface area contributed by atoms with Crippen molar-refractivity contribution in [3.63, 3.8) is 0 Å². The summed E-state index contributed by atoms with van der Waals surface area (Å²) >= 11 is 0. The summed E-state index contributed by atoms with van der Waals surface area (Å²) in [4.78, 5) is 37.0. The number of rotatable bonds is 5. The molecular formula is C18H25NO3. The minimum atomic E-state index is -0.502. The Bertz CT molecular complexity index is 578. The molecule has 1 aromatic carbocycles. The lowest BCUT2D eigenvalue weighted by Gasteiger charge is -2.25. The minimum absolute atomic E-state index is 0.0385. The number of aryl methyl sites for hydroxylation is 1. The van der Waals surface area contributed by atoms with Crippen molar-refractivity contribution in [1.29, 1.82) is 0 Å². The summed E-state index contributed by atoms with van der Waals surface area (Å²) in [6.07, 6.45) is 0.729. The molecule has 0 aromatic heterocycles. The monoisotopic (exact) mass is 303 g/mol. The molecule has 1 amide bonds. The molecule has 0 aliphatic carbocycles. The summed E-state index contributed by atoms with van der Waals surface area (Å²) in [7, 11) is 0. The molecule has 1 aliphatic rings. The first-order chi connectivity index (χ1) is 10.4. The largest absolute Gasteiger partial charge is 0.324 e. The molecule has 1 aliphatic heterocycles. The molecule has 0 fully saturated rings. The highest BCUT2D eigenvalue weighted by molar-refractivity contribution is 6.01. The summed E-state index contributed by atoms with van der Waals surface area (Å²) in [6, 6.07) is 5.12. The Kier molecular flexibility index (Phi) is 6.47. The van der Waals surface area contributed by atoms with Crippen molar-refractivity contribution in [2.45, 2.75) is 60.0 Å². The van der Waals surface area contributed by atoms with Gasteiger partial charge in [0.1, 0.15) is 5.78 Å². The van der Waals surface area contributed by atoms with Crippen molar-refractivity contribution in [1.82, 2.24) is 4.90 Å². The van der Waals surface area contributed by atoms with E-state index in [1.807, 2.05) is 32.9 Å². The van der Waals surface area contributed by atoms with Gasteiger partial charge in [-0.25, -0.2) is 0 Å². The van der Waals surface area contributed by atoms with Crippen LogP contribution in [0.4, 0.5) is 0 Å². The number of amides is 1. The molecule has 1 aromatic rings. The second-order valence-electron chi connectivity index (χ2n) is 5.40. The van der Waals surface area contributed by atoms with E-state index in [0.717, 1.165) is 11.1 Å². The molecule has 0 radical (unpaired) electrons. The fourth-order valence-electron chi connectivity index (χ4n) is 2.68. The number of fused-ring (bicyclic) bond motifs is 1. The van der Waals surface area contributed by atoms with E-state index in [2.05, 4.69) is 0 Å². The number of hydrogen-bond donors (Lipinski definition) is 0. The quantitative estimate of drug-likeness (QED) is 0.838. The lowest BCUT2D eigenvalue weighted by molar-refractivity contribution is -0.122. The molecule has 0 bridgehead atoms. The molecule has 4 nitrogen and oxygen atoms in total. The van der Waals surface area contributed by atoms with Gasteiger partial charge >= 0.3 is 0 Å². The second kappa shape index (κ2) is 7.87. The van der Waals surface area contributed by atoms with Gasteiger partial charge in [0.05, 0.1) is 6.04 Å². The standard InChI is InChI=1S/C16H19NO3.C2H6/c1-10-5-4-6-13-14(10)9-17(16(13)20)15(12(3)19)8-7-11(2)18;1-2/h4-6,15H,7-9H2,1-3H3;1-2H3. The minimum Gasteiger partial charge on any atom is -0.324 e. The van der Waals surface area contributed by atoms with E-state index in [-0.39, 0.29) is 17.5 Å². The molecule has 1 heterocycles. The third-order valence-electron chi connectivity index (χ3n) is 3.85. The van der Waals surface area contributed by atoms with Crippen LogP contribution in [0.1, 0.15) is 62.0 Å². The predicted molar refractivity (Wildman–Crippen MR) is 86.8 cm³/mol. The van der Waals surface area contributed by atoms with Gasteiger partial charge in [-0.05, 0) is 44.4 Å². The zero-order valence-corrected chi connectivity index (χ0v) is 14.1. The Morgan fingerprint density at radius 1 is 1.23 bits per heavy atom. The average Bonchev–Trinajstić information content (AvgIpc) is 2.80. The van der Waals surface area contributed by atoms with Crippen LogP contribution >= 0.6 is 0 Å². The Labute approximate surface area is 132 Å². The molecule has 0 N–H and O–H groups in total. The number of hydrogen-bond acceptors (Lipinski definition) is 3. The molecule has 2 rings (SSSR count). The lowest BCUT2D eigenvalue weighted by atomic mass is 10.0. The molecule has 1 atom stereocenters. The summed E-state index contributed by atoms with van der Waals surface area (Å²) in [5.74, 6) is -0.130. The molecular weight excluding hydrogens is 278 g/mol. The van der Waals surface area contributed by atoms with Crippen molar-refractivity contribution >= 4 is 17.5 Å². The summed E-state index contributed by atoms with van der Waals surface area (Å²) in [6.45, 7) is 9.41. The van der Waals surface area contributed by atoms with Gasteiger partial charge in [0.25, 0.3) is 5.91 Å². The lowest BCUT2D eigenvalue weighted by Crippen LogP contribution is -2.40. The summed E-state index contributed by atoms with van der Waals surface area (Å²) < 4.78 is 0. The van der Waals surface area contributed by atoms with E-state index < -0.39 is 6.04 Å². The van der Waals surface area contributed by atoms with Crippen LogP contribution in [-0.2, 0) is 16.1 Å². The van der Waals surface area contributed by atoms with Crippen LogP contribution in [0.2, 0.25) is 0 Å². The van der Waals surface area contributed by atoms with Crippen LogP contribution in [0.25, 0.3) is 0 Å². The van der Waals surface area contributed by atoms with Gasteiger partial charge in [-0.3, -0.25) is 9.59 Å². The van der Waals surface area contributed by atoms with Crippen molar-refractivity contribution in [3.05, 3.63) is 34.9 Å². The van der Waals surface area contributed by atoms with Gasteiger partial charge in [-0.2, -0.15) is 0 Å². The Morgan fingerprint density at radius 2 is 1.86 bits per heavy atom. The van der Waals surface area contributed by atoms with Crippen LogP contribution in [0.15, 0.2) is 18.2 Å². The van der Waals surface area contributed by atoms with Crippen LogP contribution in [-0.4, -0.2) is 28.4 Å². The SMILES string of the molecule is CC.CC(=O)CCC(C(C)=O)N1Cc2c(C)cccc2C1=O. The van der Waals surface area contributed by atoms with Crippen LogP contribution in [0.5, 0.6) is 0 Å². The number of benzene rings is 1. The van der Waals surface area contributed by atoms with E-state index in [9.17, 15) is 14.4 Å². The number of ketones is 2. The fraction of sp³-hybridized carbons (Fsp3) is 0.500. The van der Waals surface area contributed by atoms with Gasteiger partial charge in [-0.1, -0.05) is 26.0 Å². The van der Waals surface area contributed by atoms with Crippen molar-refractivity contribution in [3.8, 4) is 0 Å². The normalized spacial score (nSPS) is 14.0. The first kappa shape index (κ1) is 18.1. The highest BCUT2D eigenvalue weighted by Crippen LogP contribution is 2.28.